The molecule has 0 aliphatic heterocycles. The molecule has 18 heavy (non-hydrogen) atoms. The van der Waals surface area contributed by atoms with Gasteiger partial charge in [0.1, 0.15) is 6.04 Å². The number of rotatable bonds is 3. The Morgan fingerprint density at radius 2 is 1.33 bits per heavy atom. The van der Waals surface area contributed by atoms with Gasteiger partial charge in [-0.1, -0.05) is 0 Å². The lowest BCUT2D eigenvalue weighted by atomic mass is 10.0. The Kier molecular flexibility index (Phi) is 5.50. The van der Waals surface area contributed by atoms with Crippen molar-refractivity contribution in [3.63, 3.8) is 0 Å². The lowest BCUT2D eigenvalue weighted by Gasteiger charge is -2.10. The van der Waals surface area contributed by atoms with Crippen molar-refractivity contribution < 1.29 is 31.9 Å². The predicted octanol–water partition coefficient (Wildman–Crippen LogP) is 1.76. The van der Waals surface area contributed by atoms with Gasteiger partial charge in [-0.3, -0.25) is 4.79 Å². The monoisotopic (exact) mass is 291 g/mol. The fourth-order valence-corrected chi connectivity index (χ4v) is 1.14. The molecule has 0 fully saturated rings. The molecule has 0 spiro atoms. The SMILES string of the molecule is Cl.N[C@@H](Cc1c(F)c(F)c(F)c(F)c1F)C(=O)O. The summed E-state index contributed by atoms with van der Waals surface area (Å²) >= 11 is 0. The number of hydrogen-bond acceptors (Lipinski definition) is 2. The molecule has 0 saturated heterocycles. The molecule has 0 heterocycles. The molecule has 0 aliphatic carbocycles. The Labute approximate surface area is 104 Å². The number of carboxylic acids is 1. The van der Waals surface area contributed by atoms with Crippen molar-refractivity contribution in [2.75, 3.05) is 0 Å². The maximum absolute atomic E-state index is 13.1. The van der Waals surface area contributed by atoms with Gasteiger partial charge in [0.25, 0.3) is 0 Å². The van der Waals surface area contributed by atoms with Crippen molar-refractivity contribution >= 4 is 18.4 Å². The molecule has 0 radical (unpaired) electrons. The van der Waals surface area contributed by atoms with Crippen molar-refractivity contribution in [1.82, 2.24) is 0 Å². The first-order valence-electron chi connectivity index (χ1n) is 4.26. The molecule has 3 nitrogen and oxygen atoms in total. The molecular weight excluding hydrogens is 285 g/mol. The Morgan fingerprint density at radius 1 is 1.00 bits per heavy atom. The Hall–Kier alpha value is -1.41. The molecule has 0 bridgehead atoms. The van der Waals surface area contributed by atoms with Gasteiger partial charge >= 0.3 is 5.97 Å². The maximum Gasteiger partial charge on any atom is 0.320 e. The topological polar surface area (TPSA) is 63.3 Å². The summed E-state index contributed by atoms with van der Waals surface area (Å²) in [5.41, 5.74) is 3.71. The second-order valence-electron chi connectivity index (χ2n) is 3.20. The molecule has 0 unspecified atom stereocenters. The number of carboxylic acid groups (broad SMARTS) is 1. The Balaban J connectivity index is 0.00000289. The lowest BCUT2D eigenvalue weighted by Crippen LogP contribution is -2.33. The highest BCUT2D eigenvalue weighted by Gasteiger charge is 2.27. The van der Waals surface area contributed by atoms with Gasteiger partial charge in [-0.15, -0.1) is 12.4 Å². The first-order valence-corrected chi connectivity index (χ1v) is 4.26. The van der Waals surface area contributed by atoms with Crippen LogP contribution < -0.4 is 5.73 Å². The van der Waals surface area contributed by atoms with Gasteiger partial charge in [0.2, 0.25) is 5.82 Å². The molecular formula is C9H7ClF5NO2. The van der Waals surface area contributed by atoms with Crippen molar-refractivity contribution in [3.05, 3.63) is 34.6 Å². The Bertz CT molecular complexity index is 454. The van der Waals surface area contributed by atoms with Gasteiger partial charge in [-0.2, -0.15) is 0 Å². The number of benzene rings is 1. The molecule has 1 rings (SSSR count). The van der Waals surface area contributed by atoms with Crippen LogP contribution in [0.1, 0.15) is 5.56 Å². The fourth-order valence-electron chi connectivity index (χ4n) is 1.14. The minimum Gasteiger partial charge on any atom is -0.480 e. The van der Waals surface area contributed by atoms with Crippen LogP contribution in [0.3, 0.4) is 0 Å². The molecule has 9 heteroatoms. The molecule has 0 saturated carbocycles. The molecule has 102 valence electrons. The van der Waals surface area contributed by atoms with Crippen LogP contribution in [0.25, 0.3) is 0 Å². The number of hydrogen-bond donors (Lipinski definition) is 2. The van der Waals surface area contributed by atoms with Gasteiger partial charge in [0.15, 0.2) is 23.3 Å². The van der Waals surface area contributed by atoms with Crippen LogP contribution in [0.15, 0.2) is 0 Å². The van der Waals surface area contributed by atoms with Crippen LogP contribution in [-0.4, -0.2) is 17.1 Å². The summed E-state index contributed by atoms with van der Waals surface area (Å²) in [6.07, 6.45) is -0.999. The molecule has 1 atom stereocenters. The highest BCUT2D eigenvalue weighted by atomic mass is 35.5. The number of aliphatic carboxylic acids is 1. The molecule has 1 aromatic carbocycles. The smallest absolute Gasteiger partial charge is 0.320 e. The minimum atomic E-state index is -2.30. The van der Waals surface area contributed by atoms with E-state index in [0.29, 0.717) is 0 Å². The third kappa shape index (κ3) is 2.88. The number of halogens is 6. The lowest BCUT2D eigenvalue weighted by molar-refractivity contribution is -0.138. The average molecular weight is 292 g/mol. The molecule has 0 amide bonds. The van der Waals surface area contributed by atoms with Crippen LogP contribution >= 0.6 is 12.4 Å². The normalized spacial score (nSPS) is 11.9. The molecule has 1 aromatic rings. The summed E-state index contributed by atoms with van der Waals surface area (Å²) in [5.74, 6) is -12.3. The first kappa shape index (κ1) is 16.6. The largest absolute Gasteiger partial charge is 0.480 e. The quantitative estimate of drug-likeness (QED) is 0.507. The minimum absolute atomic E-state index is 0. The van der Waals surface area contributed by atoms with E-state index in [-0.39, 0.29) is 12.4 Å². The van der Waals surface area contributed by atoms with Crippen LogP contribution in [0.5, 0.6) is 0 Å². The number of nitrogens with two attached hydrogens (primary N) is 1. The third-order valence-electron chi connectivity index (χ3n) is 2.04. The van der Waals surface area contributed by atoms with Crippen molar-refractivity contribution in [2.45, 2.75) is 12.5 Å². The van der Waals surface area contributed by atoms with Gasteiger partial charge in [-0.05, 0) is 0 Å². The van der Waals surface area contributed by atoms with E-state index in [2.05, 4.69) is 0 Å². The summed E-state index contributed by atoms with van der Waals surface area (Å²) < 4.78 is 64.1. The van der Waals surface area contributed by atoms with Gasteiger partial charge < -0.3 is 10.8 Å². The second-order valence-corrected chi connectivity index (χ2v) is 3.20. The summed E-state index contributed by atoms with van der Waals surface area (Å²) in [6.45, 7) is 0. The van der Waals surface area contributed by atoms with Crippen molar-refractivity contribution in [2.24, 2.45) is 5.73 Å². The Morgan fingerprint density at radius 3 is 1.67 bits per heavy atom. The van der Waals surface area contributed by atoms with Gasteiger partial charge in [-0.25, -0.2) is 22.0 Å². The zero-order valence-corrected chi connectivity index (χ0v) is 9.33. The fraction of sp³-hybridized carbons (Fsp3) is 0.222. The second kappa shape index (κ2) is 5.96. The molecule has 0 aromatic heterocycles. The van der Waals surface area contributed by atoms with Gasteiger partial charge in [0, 0.05) is 12.0 Å². The number of carbonyl (C=O) groups is 1. The third-order valence-corrected chi connectivity index (χ3v) is 2.04. The van der Waals surface area contributed by atoms with Crippen molar-refractivity contribution in [3.8, 4) is 0 Å². The molecule has 3 N–H and O–H groups in total. The highest BCUT2D eigenvalue weighted by Crippen LogP contribution is 2.23. The predicted molar refractivity (Wildman–Crippen MR) is 52.8 cm³/mol. The summed E-state index contributed by atoms with van der Waals surface area (Å²) in [7, 11) is 0. The maximum atomic E-state index is 13.1. The summed E-state index contributed by atoms with van der Waals surface area (Å²) in [6, 6.07) is -1.76. The van der Waals surface area contributed by atoms with E-state index in [4.69, 9.17) is 10.8 Å². The van der Waals surface area contributed by atoms with Crippen LogP contribution in [0.4, 0.5) is 22.0 Å². The van der Waals surface area contributed by atoms with E-state index in [1.807, 2.05) is 0 Å². The zero-order chi connectivity index (χ0) is 13.3. The van der Waals surface area contributed by atoms with E-state index < -0.39 is 53.1 Å². The first-order chi connectivity index (χ1) is 7.77. The van der Waals surface area contributed by atoms with E-state index in [1.54, 1.807) is 0 Å². The van der Waals surface area contributed by atoms with Crippen LogP contribution in [0.2, 0.25) is 0 Å². The van der Waals surface area contributed by atoms with E-state index >= 15 is 0 Å². The summed E-state index contributed by atoms with van der Waals surface area (Å²) in [5, 5.41) is 8.39. The summed E-state index contributed by atoms with van der Waals surface area (Å²) in [4.78, 5) is 10.3. The van der Waals surface area contributed by atoms with Crippen molar-refractivity contribution in [1.29, 1.82) is 0 Å². The van der Waals surface area contributed by atoms with Gasteiger partial charge in [0.05, 0.1) is 0 Å². The van der Waals surface area contributed by atoms with E-state index in [1.165, 1.54) is 0 Å². The average Bonchev–Trinajstić information content (AvgIpc) is 2.29. The van der Waals surface area contributed by atoms with Crippen LogP contribution in [-0.2, 0) is 11.2 Å². The zero-order valence-electron chi connectivity index (χ0n) is 8.52. The van der Waals surface area contributed by atoms with E-state index in [9.17, 15) is 26.7 Å². The molecule has 0 aliphatic rings. The standard InChI is InChI=1S/C9H6F5NO2.ClH/c10-4-2(1-3(15)9(16)17)5(11)7(13)8(14)6(4)12;/h3H,1,15H2,(H,16,17);1H/t3-;/m0./s1. The highest BCUT2D eigenvalue weighted by molar-refractivity contribution is 5.85. The van der Waals surface area contributed by atoms with Crippen LogP contribution in [0, 0.1) is 29.1 Å². The van der Waals surface area contributed by atoms with E-state index in [0.717, 1.165) is 0 Å².